The van der Waals surface area contributed by atoms with Crippen LogP contribution >= 0.6 is 11.8 Å². The zero-order valence-corrected chi connectivity index (χ0v) is 32.4. The van der Waals surface area contributed by atoms with E-state index in [9.17, 15) is 0 Å². The lowest BCUT2D eigenvalue weighted by molar-refractivity contribution is 0.456. The van der Waals surface area contributed by atoms with Crippen LogP contribution in [0.4, 0.5) is 17.1 Å². The first-order chi connectivity index (χ1) is 27.0. The number of ether oxygens (including phenoxy) is 2. The van der Waals surface area contributed by atoms with Gasteiger partial charge in [-0.2, -0.15) is 0 Å². The number of benzene rings is 8. The summed E-state index contributed by atoms with van der Waals surface area (Å²) in [4.78, 5) is 4.59. The Morgan fingerprint density at radius 2 is 0.855 bits per heavy atom. The van der Waals surface area contributed by atoms with E-state index in [0.29, 0.717) is 0 Å². The van der Waals surface area contributed by atoms with Gasteiger partial charge < -0.3 is 14.4 Å². The standard InChI is InChI=1S/C50H37NO2SSi/c1-55(2)47-20-9-7-17-44(47)53-50-42(15-11-21-48(50)55)37-26-32-40(33-27-37)51(38-28-22-35(23-29-38)34-12-4-3-5-13-34)39-30-24-36(25-31-39)41-14-10-19-46-49(41)52-43-16-6-8-18-45(43)54-46/h3-33H,1-2H3. The van der Waals surface area contributed by atoms with Crippen LogP contribution < -0.4 is 24.7 Å². The second-order valence-corrected chi connectivity index (χ2v) is 19.9. The first kappa shape index (κ1) is 33.3. The van der Waals surface area contributed by atoms with Crippen molar-refractivity contribution < 1.29 is 9.47 Å². The molecule has 0 aliphatic carbocycles. The Morgan fingerprint density at radius 1 is 0.382 bits per heavy atom. The molecule has 0 bridgehead atoms. The fraction of sp³-hybridized carbons (Fsp3) is 0.0400. The highest BCUT2D eigenvalue weighted by Crippen LogP contribution is 2.51. The molecule has 55 heavy (non-hydrogen) atoms. The van der Waals surface area contributed by atoms with Crippen LogP contribution in [0.1, 0.15) is 0 Å². The molecule has 0 aromatic heterocycles. The van der Waals surface area contributed by atoms with Crippen LogP contribution in [0.5, 0.6) is 23.0 Å². The number of para-hydroxylation sites is 4. The highest BCUT2D eigenvalue weighted by molar-refractivity contribution is 7.99. The molecular formula is C50H37NO2SSi. The fourth-order valence-corrected chi connectivity index (χ4v) is 11.7. The molecule has 10 rings (SSSR count). The third-order valence-corrected chi connectivity index (χ3v) is 15.4. The highest BCUT2D eigenvalue weighted by atomic mass is 32.2. The Labute approximate surface area is 327 Å². The van der Waals surface area contributed by atoms with Crippen LogP contribution in [0.2, 0.25) is 13.1 Å². The predicted octanol–water partition coefficient (Wildman–Crippen LogP) is 13.3. The quantitative estimate of drug-likeness (QED) is 0.158. The molecule has 5 heteroatoms. The first-order valence-electron chi connectivity index (χ1n) is 18.7. The third kappa shape index (κ3) is 5.93. The molecule has 0 amide bonds. The molecule has 2 aliphatic rings. The smallest absolute Gasteiger partial charge is 0.149 e. The summed E-state index contributed by atoms with van der Waals surface area (Å²) in [5, 5.41) is 2.68. The van der Waals surface area contributed by atoms with Gasteiger partial charge >= 0.3 is 0 Å². The van der Waals surface area contributed by atoms with E-state index in [1.54, 1.807) is 11.8 Å². The maximum absolute atomic E-state index is 6.68. The Balaban J connectivity index is 1.02. The summed E-state index contributed by atoms with van der Waals surface area (Å²) in [5.74, 6) is 3.78. The summed E-state index contributed by atoms with van der Waals surface area (Å²) >= 11 is 1.76. The van der Waals surface area contributed by atoms with E-state index >= 15 is 0 Å². The lowest BCUT2D eigenvalue weighted by atomic mass is 10.0. The van der Waals surface area contributed by atoms with Crippen LogP contribution in [0.3, 0.4) is 0 Å². The molecule has 8 aromatic carbocycles. The van der Waals surface area contributed by atoms with Gasteiger partial charge in [-0.1, -0.05) is 152 Å². The Morgan fingerprint density at radius 3 is 1.53 bits per heavy atom. The van der Waals surface area contributed by atoms with Crippen LogP contribution in [-0.4, -0.2) is 8.07 Å². The number of hydrogen-bond donors (Lipinski definition) is 0. The Bertz CT molecular complexity index is 2690. The molecule has 264 valence electrons. The van der Waals surface area contributed by atoms with Gasteiger partial charge in [0.05, 0.1) is 9.79 Å². The van der Waals surface area contributed by atoms with E-state index in [1.165, 1.54) is 21.5 Å². The van der Waals surface area contributed by atoms with Gasteiger partial charge in [-0.15, -0.1) is 0 Å². The normalized spacial score (nSPS) is 13.3. The van der Waals surface area contributed by atoms with E-state index in [2.05, 4.69) is 194 Å². The lowest BCUT2D eigenvalue weighted by Crippen LogP contribution is -2.56. The van der Waals surface area contributed by atoms with E-state index < -0.39 is 8.07 Å². The van der Waals surface area contributed by atoms with Gasteiger partial charge in [0.25, 0.3) is 0 Å². The summed E-state index contributed by atoms with van der Waals surface area (Å²) < 4.78 is 13.2. The lowest BCUT2D eigenvalue weighted by Gasteiger charge is -2.34. The zero-order chi connectivity index (χ0) is 36.9. The van der Waals surface area contributed by atoms with Gasteiger partial charge in [0.15, 0.2) is 0 Å². The third-order valence-electron chi connectivity index (χ3n) is 10.8. The van der Waals surface area contributed by atoms with Crippen molar-refractivity contribution in [2.24, 2.45) is 0 Å². The second kappa shape index (κ2) is 13.5. The van der Waals surface area contributed by atoms with Crippen molar-refractivity contribution in [3.8, 4) is 56.4 Å². The van der Waals surface area contributed by atoms with Crippen molar-refractivity contribution in [1.82, 2.24) is 0 Å². The summed E-state index contributed by atoms with van der Waals surface area (Å²) in [6.07, 6.45) is 0. The summed E-state index contributed by atoms with van der Waals surface area (Å²) in [7, 11) is -1.94. The van der Waals surface area contributed by atoms with E-state index in [-0.39, 0.29) is 0 Å². The zero-order valence-electron chi connectivity index (χ0n) is 30.6. The fourth-order valence-electron chi connectivity index (χ4n) is 7.93. The van der Waals surface area contributed by atoms with Crippen LogP contribution in [0, 0.1) is 0 Å². The Kier molecular flexibility index (Phi) is 8.20. The number of rotatable bonds is 6. The van der Waals surface area contributed by atoms with Crippen LogP contribution in [0.15, 0.2) is 198 Å². The molecule has 0 saturated heterocycles. The van der Waals surface area contributed by atoms with E-state index in [1.807, 2.05) is 12.1 Å². The molecule has 0 saturated carbocycles. The van der Waals surface area contributed by atoms with E-state index in [0.717, 1.165) is 72.1 Å². The maximum atomic E-state index is 6.68. The molecule has 2 aliphatic heterocycles. The van der Waals surface area contributed by atoms with E-state index in [4.69, 9.17) is 9.47 Å². The molecular weight excluding hydrogens is 707 g/mol. The minimum absolute atomic E-state index is 0.899. The molecule has 0 radical (unpaired) electrons. The van der Waals surface area contributed by atoms with Crippen molar-refractivity contribution in [1.29, 1.82) is 0 Å². The maximum Gasteiger partial charge on any atom is 0.149 e. The minimum atomic E-state index is -1.94. The molecule has 0 fully saturated rings. The highest BCUT2D eigenvalue weighted by Gasteiger charge is 2.37. The number of anilines is 3. The molecule has 8 aromatic rings. The van der Waals surface area contributed by atoms with Gasteiger partial charge in [-0.3, -0.25) is 0 Å². The van der Waals surface area contributed by atoms with Gasteiger partial charge in [-0.25, -0.2) is 0 Å². The average molecular weight is 744 g/mol. The number of fused-ring (bicyclic) bond motifs is 4. The summed E-state index contributed by atoms with van der Waals surface area (Å²) in [6.45, 7) is 4.84. The summed E-state index contributed by atoms with van der Waals surface area (Å²) in [6, 6.07) is 66.9. The SMILES string of the molecule is C[Si]1(C)c2ccccc2Oc2c(-c3ccc(N(c4ccc(-c5ccccc5)cc4)c4ccc(-c5cccc6c5Oc5ccccc5S6)cc4)cc3)cccc21. The van der Waals surface area contributed by atoms with Gasteiger partial charge in [0, 0.05) is 28.2 Å². The molecule has 0 spiro atoms. The molecule has 0 N–H and O–H groups in total. The second-order valence-electron chi connectivity index (χ2n) is 14.5. The molecule has 0 atom stereocenters. The summed E-state index contributed by atoms with van der Waals surface area (Å²) in [5.41, 5.74) is 10.1. The van der Waals surface area contributed by atoms with Gasteiger partial charge in [-0.05, 0) is 93.3 Å². The molecule has 0 unspecified atom stereocenters. The van der Waals surface area contributed by atoms with Crippen molar-refractivity contribution in [3.63, 3.8) is 0 Å². The Hall–Kier alpha value is -6.27. The topological polar surface area (TPSA) is 21.7 Å². The van der Waals surface area contributed by atoms with Crippen LogP contribution in [0.25, 0.3) is 33.4 Å². The predicted molar refractivity (Wildman–Crippen MR) is 231 cm³/mol. The monoisotopic (exact) mass is 743 g/mol. The number of nitrogens with zero attached hydrogens (tertiary/aromatic N) is 1. The van der Waals surface area contributed by atoms with Gasteiger partial charge in [0.1, 0.15) is 31.1 Å². The molecule has 2 heterocycles. The number of hydrogen-bond acceptors (Lipinski definition) is 4. The van der Waals surface area contributed by atoms with Crippen molar-refractivity contribution >= 4 is 47.3 Å². The van der Waals surface area contributed by atoms with Crippen molar-refractivity contribution in [2.45, 2.75) is 22.9 Å². The van der Waals surface area contributed by atoms with Crippen LogP contribution in [-0.2, 0) is 0 Å². The molecule has 3 nitrogen and oxygen atoms in total. The van der Waals surface area contributed by atoms with Gasteiger partial charge in [0.2, 0.25) is 0 Å². The largest absolute Gasteiger partial charge is 0.457 e. The van der Waals surface area contributed by atoms with Crippen molar-refractivity contribution in [3.05, 3.63) is 188 Å². The first-order valence-corrected chi connectivity index (χ1v) is 22.5. The average Bonchev–Trinajstić information content (AvgIpc) is 3.24. The minimum Gasteiger partial charge on any atom is -0.457 e. The van der Waals surface area contributed by atoms with Crippen molar-refractivity contribution in [2.75, 3.05) is 4.90 Å².